The van der Waals surface area contributed by atoms with E-state index in [0.29, 0.717) is 17.2 Å². The Bertz CT molecular complexity index is 1150. The first-order valence-corrected chi connectivity index (χ1v) is 11.6. The number of carbonyl (C=O) groups is 1. The number of oxazole rings is 1. The number of hydrogen-bond donors (Lipinski definition) is 1. The summed E-state index contributed by atoms with van der Waals surface area (Å²) in [4.78, 5) is 17.8. The Hall–Kier alpha value is -3.24. The molecular weight excluding hydrogens is 480 g/mol. The molecule has 36 heavy (non-hydrogen) atoms. The van der Waals surface area contributed by atoms with Gasteiger partial charge in [0, 0.05) is 18.0 Å². The second-order valence-corrected chi connectivity index (χ2v) is 8.81. The number of carboxylic acids is 1. The van der Waals surface area contributed by atoms with Gasteiger partial charge in [-0.15, -0.1) is 0 Å². The lowest BCUT2D eigenvalue weighted by atomic mass is 9.96. The molecule has 1 N–H and O–H groups in total. The van der Waals surface area contributed by atoms with Gasteiger partial charge in [0.1, 0.15) is 18.1 Å². The van der Waals surface area contributed by atoms with Crippen molar-refractivity contribution in [1.82, 2.24) is 9.88 Å². The molecule has 6 nitrogen and oxygen atoms in total. The Morgan fingerprint density at radius 3 is 2.36 bits per heavy atom. The van der Waals surface area contributed by atoms with Gasteiger partial charge in [0.05, 0.1) is 12.2 Å². The van der Waals surface area contributed by atoms with Gasteiger partial charge in [0.15, 0.2) is 11.7 Å². The third-order valence-corrected chi connectivity index (χ3v) is 6.18. The Morgan fingerprint density at radius 2 is 1.75 bits per heavy atom. The molecule has 10 heteroatoms. The lowest BCUT2D eigenvalue weighted by molar-refractivity contribution is -0.176. The number of piperidine rings is 1. The van der Waals surface area contributed by atoms with Crippen LogP contribution in [0, 0.1) is 5.82 Å². The van der Waals surface area contributed by atoms with Gasteiger partial charge >= 0.3 is 12.1 Å². The maximum absolute atomic E-state index is 13.4. The Kier molecular flexibility index (Phi) is 8.05. The van der Waals surface area contributed by atoms with Crippen molar-refractivity contribution in [2.75, 3.05) is 26.2 Å². The minimum absolute atomic E-state index is 0.00617. The molecule has 3 aromatic rings. The second-order valence-electron chi connectivity index (χ2n) is 8.81. The van der Waals surface area contributed by atoms with Crippen LogP contribution in [-0.4, -0.2) is 53.4 Å². The van der Waals surface area contributed by atoms with Gasteiger partial charge in [-0.2, -0.15) is 13.2 Å². The summed E-state index contributed by atoms with van der Waals surface area (Å²) in [5, 5.41) is 9.01. The summed E-state index contributed by atoms with van der Waals surface area (Å²) in [5.74, 6) is -0.638. The molecule has 0 radical (unpaired) electrons. The zero-order valence-electron chi connectivity index (χ0n) is 19.4. The Morgan fingerprint density at radius 1 is 1.08 bits per heavy atom. The molecule has 0 bridgehead atoms. The van der Waals surface area contributed by atoms with E-state index in [9.17, 15) is 22.4 Å². The monoisotopic (exact) mass is 506 g/mol. The maximum Gasteiger partial charge on any atom is 0.411 e. The van der Waals surface area contributed by atoms with Crippen LogP contribution in [0.1, 0.15) is 46.3 Å². The molecule has 1 aliphatic rings. The van der Waals surface area contributed by atoms with Gasteiger partial charge in [-0.3, -0.25) is 0 Å². The number of aromatic nitrogens is 1. The fraction of sp³-hybridized carbons (Fsp3) is 0.385. The number of nitrogens with zero attached hydrogens (tertiary/aromatic N) is 2. The summed E-state index contributed by atoms with van der Waals surface area (Å²) in [5.41, 5.74) is 2.09. The van der Waals surface area contributed by atoms with E-state index in [2.05, 4.69) is 9.88 Å². The van der Waals surface area contributed by atoms with E-state index in [0.717, 1.165) is 44.5 Å². The van der Waals surface area contributed by atoms with Crippen LogP contribution in [0.15, 0.2) is 52.9 Å². The van der Waals surface area contributed by atoms with E-state index in [1.807, 2.05) is 12.1 Å². The average Bonchev–Trinajstić information content (AvgIpc) is 3.27. The average molecular weight is 506 g/mol. The molecule has 1 saturated heterocycles. The van der Waals surface area contributed by atoms with E-state index in [1.165, 1.54) is 24.3 Å². The Labute approximate surface area is 205 Å². The van der Waals surface area contributed by atoms with Crippen molar-refractivity contribution in [2.24, 2.45) is 0 Å². The number of halogens is 4. The van der Waals surface area contributed by atoms with Crippen LogP contribution in [-0.2, 0) is 17.8 Å². The van der Waals surface area contributed by atoms with Crippen LogP contribution < -0.4 is 0 Å². The van der Waals surface area contributed by atoms with Crippen LogP contribution in [0.4, 0.5) is 17.6 Å². The number of ether oxygens (including phenoxy) is 1. The van der Waals surface area contributed by atoms with Gasteiger partial charge in [0.2, 0.25) is 0 Å². The van der Waals surface area contributed by atoms with Gasteiger partial charge in [-0.1, -0.05) is 12.1 Å². The van der Waals surface area contributed by atoms with Gasteiger partial charge in [-0.05, 0) is 74.3 Å². The predicted molar refractivity (Wildman–Crippen MR) is 123 cm³/mol. The highest BCUT2D eigenvalue weighted by atomic mass is 19.4. The van der Waals surface area contributed by atoms with E-state index < -0.39 is 24.6 Å². The molecule has 0 amide bonds. The van der Waals surface area contributed by atoms with Crippen LogP contribution in [0.3, 0.4) is 0 Å². The molecular formula is C26H26F4N2O4. The number of alkyl halides is 3. The first kappa shape index (κ1) is 25.8. The minimum Gasteiger partial charge on any atom is -0.478 e. The molecule has 192 valence electrons. The van der Waals surface area contributed by atoms with Crippen molar-refractivity contribution < 1.29 is 36.6 Å². The summed E-state index contributed by atoms with van der Waals surface area (Å²) < 4.78 is 61.8. The van der Waals surface area contributed by atoms with Crippen molar-refractivity contribution >= 4 is 5.97 Å². The molecule has 2 heterocycles. The molecule has 0 spiro atoms. The quantitative estimate of drug-likeness (QED) is 0.377. The highest BCUT2D eigenvalue weighted by Crippen LogP contribution is 2.33. The molecule has 1 aromatic heterocycles. The Balaban J connectivity index is 1.38. The van der Waals surface area contributed by atoms with Gasteiger partial charge in [-0.25, -0.2) is 14.2 Å². The third kappa shape index (κ3) is 6.92. The SMILES string of the molecule is O=C(O)c1ccc(CCN2CCC(c3nc(COCC(F)(F)F)c(-c4ccc(F)cc4)o3)CC2)cc1. The second kappa shape index (κ2) is 11.2. The van der Waals surface area contributed by atoms with Crippen LogP contribution >= 0.6 is 0 Å². The fourth-order valence-electron chi connectivity index (χ4n) is 4.24. The normalized spacial score (nSPS) is 15.3. The number of aromatic carboxylic acids is 1. The number of likely N-dealkylation sites (tertiary alicyclic amines) is 1. The molecule has 0 saturated carbocycles. The summed E-state index contributed by atoms with van der Waals surface area (Å²) in [6, 6.07) is 12.3. The van der Waals surface area contributed by atoms with Crippen molar-refractivity contribution in [1.29, 1.82) is 0 Å². The smallest absolute Gasteiger partial charge is 0.411 e. The highest BCUT2D eigenvalue weighted by Gasteiger charge is 2.29. The van der Waals surface area contributed by atoms with E-state index in [4.69, 9.17) is 14.3 Å². The third-order valence-electron chi connectivity index (χ3n) is 6.18. The zero-order chi connectivity index (χ0) is 25.7. The number of rotatable bonds is 9. The molecule has 0 atom stereocenters. The lowest BCUT2D eigenvalue weighted by Gasteiger charge is -2.30. The van der Waals surface area contributed by atoms with Crippen molar-refractivity contribution in [3.05, 3.63) is 77.1 Å². The topological polar surface area (TPSA) is 75.8 Å². The van der Waals surface area contributed by atoms with E-state index in [-0.39, 0.29) is 23.8 Å². The minimum atomic E-state index is -4.45. The van der Waals surface area contributed by atoms with Gasteiger partial charge in [0.25, 0.3) is 0 Å². The largest absolute Gasteiger partial charge is 0.478 e. The summed E-state index contributed by atoms with van der Waals surface area (Å²) in [6.45, 7) is 0.658. The number of carboxylic acid groups (broad SMARTS) is 1. The summed E-state index contributed by atoms with van der Waals surface area (Å²) >= 11 is 0. The molecule has 2 aromatic carbocycles. The highest BCUT2D eigenvalue weighted by molar-refractivity contribution is 5.87. The maximum atomic E-state index is 13.4. The molecule has 1 aliphatic heterocycles. The van der Waals surface area contributed by atoms with Gasteiger partial charge < -0.3 is 19.2 Å². The fourth-order valence-corrected chi connectivity index (χ4v) is 4.24. The molecule has 0 aliphatic carbocycles. The molecule has 4 rings (SSSR count). The standard InChI is InChI=1S/C26H26F4N2O4/c27-21-7-5-18(6-8-21)23-22(15-35-16-26(28,29)30)31-24(36-23)19-10-13-32(14-11-19)12-9-17-1-3-20(4-2-17)25(33)34/h1-8,19H,9-16H2,(H,33,34). The first-order chi connectivity index (χ1) is 17.2. The summed E-state index contributed by atoms with van der Waals surface area (Å²) in [6.07, 6.45) is -2.12. The van der Waals surface area contributed by atoms with Crippen LogP contribution in [0.5, 0.6) is 0 Å². The van der Waals surface area contributed by atoms with E-state index in [1.54, 1.807) is 12.1 Å². The number of hydrogen-bond acceptors (Lipinski definition) is 5. The van der Waals surface area contributed by atoms with Crippen molar-refractivity contribution in [3.63, 3.8) is 0 Å². The number of benzene rings is 2. The van der Waals surface area contributed by atoms with E-state index >= 15 is 0 Å². The first-order valence-electron chi connectivity index (χ1n) is 11.6. The van der Waals surface area contributed by atoms with Crippen LogP contribution in [0.25, 0.3) is 11.3 Å². The van der Waals surface area contributed by atoms with Crippen LogP contribution in [0.2, 0.25) is 0 Å². The lowest BCUT2D eigenvalue weighted by Crippen LogP contribution is -2.34. The molecule has 1 fully saturated rings. The zero-order valence-corrected chi connectivity index (χ0v) is 19.4. The van der Waals surface area contributed by atoms with Crippen molar-refractivity contribution in [2.45, 2.75) is 38.0 Å². The van der Waals surface area contributed by atoms with Crippen molar-refractivity contribution in [3.8, 4) is 11.3 Å². The molecule has 0 unspecified atom stereocenters. The predicted octanol–water partition coefficient (Wildman–Crippen LogP) is 5.68. The summed E-state index contributed by atoms with van der Waals surface area (Å²) in [7, 11) is 0.